The molecule has 1 aliphatic heterocycles. The van der Waals surface area contributed by atoms with Gasteiger partial charge in [0.25, 0.3) is 0 Å². The molecule has 1 aromatic rings. The molecule has 0 radical (unpaired) electrons. The van der Waals surface area contributed by atoms with Crippen molar-refractivity contribution >= 4 is 23.4 Å². The van der Waals surface area contributed by atoms with Gasteiger partial charge in [0, 0.05) is 0 Å². The molecule has 17 heavy (non-hydrogen) atoms. The Balaban J connectivity index is 2.26. The monoisotopic (exact) mass is 266 g/mol. The van der Waals surface area contributed by atoms with Crippen LogP contribution in [0.2, 0.25) is 5.15 Å². The predicted molar refractivity (Wildman–Crippen MR) is 52.5 cm³/mol. The van der Waals surface area contributed by atoms with E-state index in [0.717, 1.165) is 6.33 Å². The van der Waals surface area contributed by atoms with E-state index in [-0.39, 0.29) is 23.1 Å². The molecule has 0 bridgehead atoms. The van der Waals surface area contributed by atoms with E-state index in [9.17, 15) is 18.0 Å². The van der Waals surface area contributed by atoms with Crippen molar-refractivity contribution in [2.75, 3.05) is 11.9 Å². The molecule has 0 aliphatic carbocycles. The molecule has 1 N–H and O–H groups in total. The molecule has 1 aromatic heterocycles. The van der Waals surface area contributed by atoms with Crippen molar-refractivity contribution in [1.29, 1.82) is 0 Å². The zero-order valence-corrected chi connectivity index (χ0v) is 9.01. The minimum absolute atomic E-state index is 0.0298. The highest BCUT2D eigenvalue weighted by molar-refractivity contribution is 6.30. The molecule has 0 aromatic carbocycles. The van der Waals surface area contributed by atoms with Gasteiger partial charge in [0.1, 0.15) is 23.8 Å². The number of carbonyl (C=O) groups excluding carboxylic acids is 1. The Morgan fingerprint density at radius 3 is 2.82 bits per heavy atom. The first kappa shape index (κ1) is 11.9. The number of rotatable bonds is 1. The highest BCUT2D eigenvalue weighted by atomic mass is 35.5. The quantitative estimate of drug-likeness (QED) is 0.792. The zero-order chi connectivity index (χ0) is 12.6. The largest absolute Gasteiger partial charge is 0.406 e. The molecule has 5 nitrogen and oxygen atoms in total. The first-order valence-electron chi connectivity index (χ1n) is 4.49. The Morgan fingerprint density at radius 2 is 2.18 bits per heavy atom. The van der Waals surface area contributed by atoms with Crippen LogP contribution in [0.3, 0.4) is 0 Å². The second-order valence-electron chi connectivity index (χ2n) is 3.39. The SMILES string of the molecule is O=C1Nc2ncnc(Cl)c2CN1CC(F)(F)F. The minimum Gasteiger partial charge on any atom is -0.311 e. The van der Waals surface area contributed by atoms with Crippen molar-refractivity contribution in [1.82, 2.24) is 14.9 Å². The summed E-state index contributed by atoms with van der Waals surface area (Å²) in [4.78, 5) is 19.3. The summed E-state index contributed by atoms with van der Waals surface area (Å²) >= 11 is 5.72. The molecule has 0 unspecified atom stereocenters. The average Bonchev–Trinajstić information content (AvgIpc) is 2.18. The smallest absolute Gasteiger partial charge is 0.311 e. The van der Waals surface area contributed by atoms with Gasteiger partial charge in [-0.25, -0.2) is 14.8 Å². The van der Waals surface area contributed by atoms with Crippen LogP contribution in [0.15, 0.2) is 6.33 Å². The van der Waals surface area contributed by atoms with Crippen LogP contribution in [0.4, 0.5) is 23.8 Å². The summed E-state index contributed by atoms with van der Waals surface area (Å²) in [5, 5.41) is 2.25. The fraction of sp³-hybridized carbons (Fsp3) is 0.375. The van der Waals surface area contributed by atoms with Crippen LogP contribution in [-0.4, -0.2) is 33.6 Å². The highest BCUT2D eigenvalue weighted by Gasteiger charge is 2.36. The van der Waals surface area contributed by atoms with Gasteiger partial charge >= 0.3 is 12.2 Å². The fourth-order valence-electron chi connectivity index (χ4n) is 1.43. The number of aromatic nitrogens is 2. The topological polar surface area (TPSA) is 58.1 Å². The number of halogens is 4. The molecule has 0 saturated carbocycles. The number of anilines is 1. The third kappa shape index (κ3) is 2.57. The van der Waals surface area contributed by atoms with Crippen molar-refractivity contribution in [3.8, 4) is 0 Å². The summed E-state index contributed by atoms with van der Waals surface area (Å²) in [6, 6.07) is -0.857. The lowest BCUT2D eigenvalue weighted by molar-refractivity contribution is -0.140. The molecular weight excluding hydrogens is 261 g/mol. The molecule has 92 valence electrons. The minimum atomic E-state index is -4.46. The fourth-order valence-corrected chi connectivity index (χ4v) is 1.62. The first-order valence-corrected chi connectivity index (χ1v) is 4.86. The van der Waals surface area contributed by atoms with Gasteiger partial charge in [-0.2, -0.15) is 13.2 Å². The lowest BCUT2D eigenvalue weighted by atomic mass is 10.2. The molecular formula is C8H6ClF3N4O. The Kier molecular flexibility index (Phi) is 2.82. The summed E-state index contributed by atoms with van der Waals surface area (Å²) in [5.41, 5.74) is 0.276. The van der Waals surface area contributed by atoms with Gasteiger partial charge in [0.15, 0.2) is 0 Å². The lowest BCUT2D eigenvalue weighted by Crippen LogP contribution is -2.44. The molecule has 0 fully saturated rings. The van der Waals surface area contributed by atoms with E-state index in [0.29, 0.717) is 4.90 Å². The number of amides is 2. The summed E-state index contributed by atoms with van der Waals surface area (Å²) in [5.74, 6) is 0.147. The van der Waals surface area contributed by atoms with Crippen LogP contribution in [-0.2, 0) is 6.54 Å². The second kappa shape index (κ2) is 4.02. The van der Waals surface area contributed by atoms with Crippen molar-refractivity contribution in [3.05, 3.63) is 17.0 Å². The molecule has 2 rings (SSSR count). The molecule has 0 spiro atoms. The van der Waals surface area contributed by atoms with Crippen LogP contribution < -0.4 is 5.32 Å². The Labute approximate surface area is 98.6 Å². The van der Waals surface area contributed by atoms with Crippen LogP contribution >= 0.6 is 11.6 Å². The number of hydrogen-bond acceptors (Lipinski definition) is 3. The second-order valence-corrected chi connectivity index (χ2v) is 3.75. The standard InChI is InChI=1S/C8H6ClF3N4O/c9-5-4-1-16(2-8(10,11)12)7(17)15-6(4)14-3-13-5/h3H,1-2H2,(H,13,14,15,17). The van der Waals surface area contributed by atoms with Gasteiger partial charge in [-0.1, -0.05) is 11.6 Å². The third-order valence-electron chi connectivity index (χ3n) is 2.12. The van der Waals surface area contributed by atoms with Crippen LogP contribution in [0.5, 0.6) is 0 Å². The number of carbonyl (C=O) groups is 1. The zero-order valence-electron chi connectivity index (χ0n) is 8.25. The van der Waals surface area contributed by atoms with Crippen LogP contribution in [0.25, 0.3) is 0 Å². The summed E-state index contributed by atoms with van der Waals surface area (Å²) in [6.45, 7) is -1.61. The predicted octanol–water partition coefficient (Wildman–Crippen LogP) is 2.04. The van der Waals surface area contributed by atoms with Crippen molar-refractivity contribution < 1.29 is 18.0 Å². The lowest BCUT2D eigenvalue weighted by Gasteiger charge is -2.29. The van der Waals surface area contributed by atoms with Crippen LogP contribution in [0, 0.1) is 0 Å². The molecule has 0 atom stereocenters. The molecule has 1 aliphatic rings. The summed E-state index contributed by atoms with van der Waals surface area (Å²) in [6.07, 6.45) is -3.34. The maximum Gasteiger partial charge on any atom is 0.406 e. The molecule has 0 saturated heterocycles. The number of fused-ring (bicyclic) bond motifs is 1. The number of hydrogen-bond donors (Lipinski definition) is 1. The number of nitrogens with zero attached hydrogens (tertiary/aromatic N) is 3. The van der Waals surface area contributed by atoms with E-state index in [1.165, 1.54) is 0 Å². The van der Waals surface area contributed by atoms with Crippen LogP contribution in [0.1, 0.15) is 5.56 Å². The van der Waals surface area contributed by atoms with Gasteiger partial charge in [-0.3, -0.25) is 5.32 Å². The molecule has 9 heteroatoms. The van der Waals surface area contributed by atoms with Crippen molar-refractivity contribution in [2.24, 2.45) is 0 Å². The average molecular weight is 267 g/mol. The van der Waals surface area contributed by atoms with E-state index >= 15 is 0 Å². The molecule has 2 amide bonds. The Hall–Kier alpha value is -1.57. The maximum atomic E-state index is 12.2. The Bertz CT molecular complexity index is 465. The van der Waals surface area contributed by atoms with Crippen molar-refractivity contribution in [3.63, 3.8) is 0 Å². The van der Waals surface area contributed by atoms with Gasteiger partial charge in [-0.15, -0.1) is 0 Å². The molecule has 2 heterocycles. The number of nitrogens with one attached hydrogen (secondary N) is 1. The number of alkyl halides is 3. The number of urea groups is 1. The van der Waals surface area contributed by atoms with E-state index < -0.39 is 18.8 Å². The van der Waals surface area contributed by atoms with Gasteiger partial charge in [0.05, 0.1) is 12.1 Å². The maximum absolute atomic E-state index is 12.2. The van der Waals surface area contributed by atoms with Gasteiger partial charge < -0.3 is 4.90 Å². The third-order valence-corrected chi connectivity index (χ3v) is 2.45. The van der Waals surface area contributed by atoms with E-state index in [1.54, 1.807) is 0 Å². The van der Waals surface area contributed by atoms with Crippen molar-refractivity contribution in [2.45, 2.75) is 12.7 Å². The van der Waals surface area contributed by atoms with Gasteiger partial charge in [-0.05, 0) is 0 Å². The first-order chi connectivity index (χ1) is 7.87. The van der Waals surface area contributed by atoms with E-state index in [4.69, 9.17) is 11.6 Å². The Morgan fingerprint density at radius 1 is 1.47 bits per heavy atom. The van der Waals surface area contributed by atoms with Gasteiger partial charge in [0.2, 0.25) is 0 Å². The summed E-state index contributed by atoms with van der Waals surface area (Å²) in [7, 11) is 0. The summed E-state index contributed by atoms with van der Waals surface area (Å²) < 4.78 is 36.6. The van der Waals surface area contributed by atoms with E-state index in [1.807, 2.05) is 0 Å². The highest BCUT2D eigenvalue weighted by Crippen LogP contribution is 2.28. The van der Waals surface area contributed by atoms with E-state index in [2.05, 4.69) is 15.3 Å². The normalized spacial score (nSPS) is 15.5.